The van der Waals surface area contributed by atoms with Crippen molar-refractivity contribution < 1.29 is 4.79 Å². The molecule has 3 N–H and O–H groups in total. The average Bonchev–Trinajstić information content (AvgIpc) is 2.27. The zero-order chi connectivity index (χ0) is 12.0. The molecule has 0 aromatic rings. The van der Waals surface area contributed by atoms with Gasteiger partial charge in [0, 0.05) is 25.7 Å². The number of piperazine rings is 1. The van der Waals surface area contributed by atoms with Gasteiger partial charge in [-0.1, -0.05) is 13.8 Å². The summed E-state index contributed by atoms with van der Waals surface area (Å²) >= 11 is 0. The van der Waals surface area contributed by atoms with Crippen LogP contribution < -0.4 is 16.0 Å². The first-order valence-corrected chi connectivity index (χ1v) is 6.34. The van der Waals surface area contributed by atoms with Crippen molar-refractivity contribution in [3.8, 4) is 0 Å². The van der Waals surface area contributed by atoms with E-state index in [0.29, 0.717) is 5.92 Å². The van der Waals surface area contributed by atoms with Crippen molar-refractivity contribution in [3.63, 3.8) is 0 Å². The van der Waals surface area contributed by atoms with E-state index < -0.39 is 0 Å². The fourth-order valence-corrected chi connectivity index (χ4v) is 1.84. The van der Waals surface area contributed by atoms with Gasteiger partial charge in [-0.25, -0.2) is 0 Å². The number of amides is 1. The maximum atomic E-state index is 11.8. The van der Waals surface area contributed by atoms with Gasteiger partial charge in [0.05, 0.1) is 6.04 Å². The van der Waals surface area contributed by atoms with Crippen molar-refractivity contribution >= 4 is 5.91 Å². The molecule has 1 amide bonds. The first-order valence-electron chi connectivity index (χ1n) is 6.34. The zero-order valence-corrected chi connectivity index (χ0v) is 10.7. The van der Waals surface area contributed by atoms with E-state index in [1.807, 2.05) is 0 Å². The van der Waals surface area contributed by atoms with Crippen LogP contribution in [-0.2, 0) is 4.79 Å². The maximum absolute atomic E-state index is 11.8. The summed E-state index contributed by atoms with van der Waals surface area (Å²) in [5.41, 5.74) is 0. The third-order valence-electron chi connectivity index (χ3n) is 2.92. The highest BCUT2D eigenvalue weighted by Crippen LogP contribution is 2.06. The number of rotatable bonds is 5. The highest BCUT2D eigenvalue weighted by molar-refractivity contribution is 5.82. The van der Waals surface area contributed by atoms with E-state index >= 15 is 0 Å². The fourth-order valence-electron chi connectivity index (χ4n) is 1.84. The Bertz CT molecular complexity index is 212. The second-order valence-corrected chi connectivity index (χ2v) is 5.09. The van der Waals surface area contributed by atoms with E-state index in [9.17, 15) is 4.79 Å². The second kappa shape index (κ2) is 6.86. The van der Waals surface area contributed by atoms with E-state index in [1.54, 1.807) is 0 Å². The molecule has 0 saturated carbocycles. The van der Waals surface area contributed by atoms with Crippen LogP contribution in [0.25, 0.3) is 0 Å². The molecule has 2 unspecified atom stereocenters. The molecule has 94 valence electrons. The standard InChI is InChI=1S/C12H25N3O/c1-9(2)4-5-10(3)15-12(16)11-8-13-6-7-14-11/h9-11,13-14H,4-8H2,1-3H3,(H,15,16). The quantitative estimate of drug-likeness (QED) is 0.641. The summed E-state index contributed by atoms with van der Waals surface area (Å²) < 4.78 is 0. The third-order valence-corrected chi connectivity index (χ3v) is 2.92. The van der Waals surface area contributed by atoms with Crippen molar-refractivity contribution in [2.75, 3.05) is 19.6 Å². The van der Waals surface area contributed by atoms with Gasteiger partial charge in [-0.3, -0.25) is 4.79 Å². The minimum atomic E-state index is -0.0600. The Labute approximate surface area is 98.6 Å². The van der Waals surface area contributed by atoms with Crippen molar-refractivity contribution in [1.29, 1.82) is 0 Å². The number of carbonyl (C=O) groups excluding carboxylic acids is 1. The summed E-state index contributed by atoms with van der Waals surface area (Å²) in [6, 6.07) is 0.217. The SMILES string of the molecule is CC(C)CCC(C)NC(=O)C1CNCCN1. The topological polar surface area (TPSA) is 53.2 Å². The summed E-state index contributed by atoms with van der Waals surface area (Å²) in [6.45, 7) is 9.06. The Kier molecular flexibility index (Phi) is 5.77. The molecule has 4 heteroatoms. The van der Waals surface area contributed by atoms with Gasteiger partial charge >= 0.3 is 0 Å². The van der Waals surface area contributed by atoms with Gasteiger partial charge in [-0.05, 0) is 25.7 Å². The molecule has 1 fully saturated rings. The van der Waals surface area contributed by atoms with Gasteiger partial charge in [-0.2, -0.15) is 0 Å². The Morgan fingerprint density at radius 1 is 1.31 bits per heavy atom. The van der Waals surface area contributed by atoms with Crippen molar-refractivity contribution in [2.24, 2.45) is 5.92 Å². The van der Waals surface area contributed by atoms with Gasteiger partial charge in [0.2, 0.25) is 5.91 Å². The average molecular weight is 227 g/mol. The predicted octanol–water partition coefficient (Wildman–Crippen LogP) is 0.489. The summed E-state index contributed by atoms with van der Waals surface area (Å²) in [5, 5.41) is 9.49. The van der Waals surface area contributed by atoms with Crippen LogP contribution in [0.5, 0.6) is 0 Å². The Morgan fingerprint density at radius 2 is 2.06 bits per heavy atom. The lowest BCUT2D eigenvalue weighted by Crippen LogP contribution is -2.56. The number of hydrogen-bond acceptors (Lipinski definition) is 3. The lowest BCUT2D eigenvalue weighted by molar-refractivity contribution is -0.124. The highest BCUT2D eigenvalue weighted by Gasteiger charge is 2.21. The van der Waals surface area contributed by atoms with Crippen molar-refractivity contribution in [3.05, 3.63) is 0 Å². The van der Waals surface area contributed by atoms with E-state index in [2.05, 4.69) is 36.7 Å². The van der Waals surface area contributed by atoms with E-state index in [1.165, 1.54) is 0 Å². The lowest BCUT2D eigenvalue weighted by Gasteiger charge is -2.25. The summed E-state index contributed by atoms with van der Waals surface area (Å²) in [4.78, 5) is 11.8. The van der Waals surface area contributed by atoms with Crippen molar-refractivity contribution in [1.82, 2.24) is 16.0 Å². The third kappa shape index (κ3) is 4.94. The van der Waals surface area contributed by atoms with Crippen LogP contribution in [0.15, 0.2) is 0 Å². The summed E-state index contributed by atoms with van der Waals surface area (Å²) in [6.07, 6.45) is 2.22. The molecule has 16 heavy (non-hydrogen) atoms. The van der Waals surface area contributed by atoms with Crippen LogP contribution in [0.4, 0.5) is 0 Å². The van der Waals surface area contributed by atoms with Gasteiger partial charge in [-0.15, -0.1) is 0 Å². The van der Waals surface area contributed by atoms with Gasteiger partial charge < -0.3 is 16.0 Å². The molecule has 0 aliphatic carbocycles. The molecule has 0 aromatic carbocycles. The smallest absolute Gasteiger partial charge is 0.238 e. The molecule has 1 aliphatic heterocycles. The van der Waals surface area contributed by atoms with E-state index in [0.717, 1.165) is 32.5 Å². The molecule has 1 heterocycles. The molecule has 1 rings (SSSR count). The maximum Gasteiger partial charge on any atom is 0.238 e. The van der Waals surface area contributed by atoms with Crippen LogP contribution in [-0.4, -0.2) is 37.6 Å². The van der Waals surface area contributed by atoms with E-state index in [4.69, 9.17) is 0 Å². The number of nitrogens with one attached hydrogen (secondary N) is 3. The summed E-state index contributed by atoms with van der Waals surface area (Å²) in [5.74, 6) is 0.831. The van der Waals surface area contributed by atoms with Gasteiger partial charge in [0.1, 0.15) is 0 Å². The highest BCUT2D eigenvalue weighted by atomic mass is 16.2. The number of carbonyl (C=O) groups is 1. The predicted molar refractivity (Wildman–Crippen MR) is 66.3 cm³/mol. The Morgan fingerprint density at radius 3 is 2.62 bits per heavy atom. The first kappa shape index (κ1) is 13.5. The molecule has 4 nitrogen and oxygen atoms in total. The van der Waals surface area contributed by atoms with Crippen LogP contribution >= 0.6 is 0 Å². The zero-order valence-electron chi connectivity index (χ0n) is 10.7. The molecular formula is C12H25N3O. The normalized spacial score (nSPS) is 23.1. The minimum absolute atomic E-state index is 0.0600. The lowest BCUT2D eigenvalue weighted by atomic mass is 10.0. The number of hydrogen-bond donors (Lipinski definition) is 3. The first-order chi connectivity index (χ1) is 7.59. The molecule has 0 bridgehead atoms. The van der Waals surface area contributed by atoms with Gasteiger partial charge in [0.25, 0.3) is 0 Å². The Balaban J connectivity index is 2.21. The monoisotopic (exact) mass is 227 g/mol. The van der Waals surface area contributed by atoms with Gasteiger partial charge in [0.15, 0.2) is 0 Å². The van der Waals surface area contributed by atoms with Crippen molar-refractivity contribution in [2.45, 2.75) is 45.7 Å². The van der Waals surface area contributed by atoms with Crippen LogP contribution in [0.2, 0.25) is 0 Å². The molecule has 2 atom stereocenters. The van der Waals surface area contributed by atoms with E-state index in [-0.39, 0.29) is 18.0 Å². The van der Waals surface area contributed by atoms with Crippen LogP contribution in [0.1, 0.15) is 33.6 Å². The molecule has 1 saturated heterocycles. The second-order valence-electron chi connectivity index (χ2n) is 5.09. The molecule has 0 aromatic heterocycles. The molecule has 0 radical (unpaired) electrons. The Hall–Kier alpha value is -0.610. The van der Waals surface area contributed by atoms with Crippen LogP contribution in [0, 0.1) is 5.92 Å². The summed E-state index contributed by atoms with van der Waals surface area (Å²) in [7, 11) is 0. The fraction of sp³-hybridized carbons (Fsp3) is 0.917. The minimum Gasteiger partial charge on any atom is -0.352 e. The molecule has 1 aliphatic rings. The largest absolute Gasteiger partial charge is 0.352 e. The molecular weight excluding hydrogens is 202 g/mol. The van der Waals surface area contributed by atoms with Crippen LogP contribution in [0.3, 0.4) is 0 Å². The molecule has 0 spiro atoms.